The molecule has 7 aromatic carbocycles. The monoisotopic (exact) mass is 627 g/mol. The normalized spacial score (nSPS) is 11.3. The molecule has 1 aromatic heterocycles. The highest BCUT2D eigenvalue weighted by Crippen LogP contribution is 2.38. The van der Waals surface area contributed by atoms with E-state index in [-0.39, 0.29) is 0 Å². The molecule has 0 saturated carbocycles. The van der Waals surface area contributed by atoms with Crippen molar-refractivity contribution in [3.05, 3.63) is 187 Å². The fourth-order valence-electron chi connectivity index (χ4n) is 7.41. The van der Waals surface area contributed by atoms with Crippen LogP contribution in [0.1, 0.15) is 11.1 Å². The minimum absolute atomic E-state index is 0.449. The molecule has 0 fully saturated rings. The molecule has 3 nitrogen and oxygen atoms in total. The Labute approximate surface area is 280 Å². The lowest BCUT2D eigenvalue weighted by Gasteiger charge is -2.34. The minimum Gasteiger partial charge on any atom is -0.309 e. The van der Waals surface area contributed by atoms with Gasteiger partial charge in [-0.3, -0.25) is 0 Å². The van der Waals surface area contributed by atoms with E-state index in [0.717, 1.165) is 38.6 Å². The highest BCUT2D eigenvalue weighted by molar-refractivity contribution is 7.19. The summed E-state index contributed by atoms with van der Waals surface area (Å²) in [4.78, 5) is 0. The molecule has 0 radical (unpaired) electrons. The second-order valence-electron chi connectivity index (χ2n) is 11.9. The van der Waals surface area contributed by atoms with E-state index in [0.29, 0.717) is 11.1 Å². The van der Waals surface area contributed by atoms with Crippen LogP contribution in [0.15, 0.2) is 176 Å². The number of aromatic nitrogens is 1. The van der Waals surface area contributed by atoms with Crippen LogP contribution in [0.25, 0.3) is 38.6 Å². The van der Waals surface area contributed by atoms with Crippen molar-refractivity contribution in [2.75, 3.05) is 0 Å². The first-order valence-electron chi connectivity index (χ1n) is 16.0. The van der Waals surface area contributed by atoms with Gasteiger partial charge in [-0.15, -0.1) is 0 Å². The highest BCUT2D eigenvalue weighted by Gasteiger charge is 2.41. The predicted molar refractivity (Wildman–Crippen MR) is 199 cm³/mol. The number of rotatable bonds is 6. The van der Waals surface area contributed by atoms with Crippen LogP contribution in [-0.4, -0.2) is 12.6 Å². The fourth-order valence-corrected chi connectivity index (χ4v) is 12.2. The molecular formula is C44H29N3Si. The van der Waals surface area contributed by atoms with Crippen LogP contribution in [-0.2, 0) is 0 Å². The average molecular weight is 628 g/mol. The van der Waals surface area contributed by atoms with E-state index in [2.05, 4.69) is 168 Å². The molecule has 8 rings (SSSR count). The van der Waals surface area contributed by atoms with Crippen LogP contribution in [0.4, 0.5) is 0 Å². The molecular weight excluding hydrogens is 599 g/mol. The van der Waals surface area contributed by atoms with E-state index in [1.807, 2.05) is 18.2 Å². The number of hydrogen-bond acceptors (Lipinski definition) is 2. The number of hydrogen-bond donors (Lipinski definition) is 0. The Morgan fingerprint density at radius 2 is 0.917 bits per heavy atom. The zero-order chi connectivity index (χ0) is 32.5. The molecule has 0 unspecified atom stereocenters. The van der Waals surface area contributed by atoms with Crippen LogP contribution in [0, 0.1) is 22.7 Å². The van der Waals surface area contributed by atoms with Gasteiger partial charge < -0.3 is 4.57 Å². The highest BCUT2D eigenvalue weighted by atomic mass is 28.3. The van der Waals surface area contributed by atoms with Crippen molar-refractivity contribution in [2.45, 2.75) is 0 Å². The van der Waals surface area contributed by atoms with E-state index in [4.69, 9.17) is 0 Å². The molecule has 0 saturated heterocycles. The van der Waals surface area contributed by atoms with Crippen LogP contribution in [0.3, 0.4) is 0 Å². The van der Waals surface area contributed by atoms with Crippen molar-refractivity contribution >= 4 is 50.6 Å². The second-order valence-corrected chi connectivity index (χ2v) is 15.7. The largest absolute Gasteiger partial charge is 0.309 e. The van der Waals surface area contributed by atoms with Gasteiger partial charge in [0.2, 0.25) is 0 Å². The van der Waals surface area contributed by atoms with Gasteiger partial charge in [0.25, 0.3) is 0 Å². The quantitative estimate of drug-likeness (QED) is 0.141. The number of fused-ring (bicyclic) bond motifs is 3. The predicted octanol–water partition coefficient (Wildman–Crippen LogP) is 7.57. The molecule has 0 aliphatic heterocycles. The molecule has 0 bridgehead atoms. The van der Waals surface area contributed by atoms with Crippen LogP contribution in [0.5, 0.6) is 0 Å². The van der Waals surface area contributed by atoms with Crippen molar-refractivity contribution in [1.29, 1.82) is 10.5 Å². The molecule has 8 aromatic rings. The molecule has 0 atom stereocenters. The fraction of sp³-hybridized carbons (Fsp3) is 0. The second kappa shape index (κ2) is 12.0. The van der Waals surface area contributed by atoms with Gasteiger partial charge in [-0.1, -0.05) is 152 Å². The van der Waals surface area contributed by atoms with Gasteiger partial charge in [0.1, 0.15) is 0 Å². The molecule has 0 aliphatic carbocycles. The summed E-state index contributed by atoms with van der Waals surface area (Å²) in [5.74, 6) is 0. The summed E-state index contributed by atoms with van der Waals surface area (Å²) in [5, 5.41) is 28.1. The van der Waals surface area contributed by atoms with Crippen molar-refractivity contribution in [3.63, 3.8) is 0 Å². The summed E-state index contributed by atoms with van der Waals surface area (Å²) < 4.78 is 2.21. The van der Waals surface area contributed by atoms with Crippen molar-refractivity contribution < 1.29 is 0 Å². The Balaban J connectivity index is 1.48. The third-order valence-corrected chi connectivity index (χ3v) is 14.2. The molecule has 48 heavy (non-hydrogen) atoms. The molecule has 4 heteroatoms. The first-order valence-corrected chi connectivity index (χ1v) is 18.0. The SMILES string of the molecule is N#Cc1cc(C#N)c(-c2cccc([Si](c3ccccc3)(c3ccccc3)c3ccccc3)c2)c(-n2c3ccccc3c3ccccc32)c1. The third kappa shape index (κ3) is 4.55. The lowest BCUT2D eigenvalue weighted by molar-refractivity contribution is 1.17. The Morgan fingerprint density at radius 3 is 1.42 bits per heavy atom. The molecule has 0 aliphatic rings. The summed E-state index contributed by atoms with van der Waals surface area (Å²) in [6, 6.07) is 66.4. The maximum Gasteiger partial charge on any atom is 0.179 e. The van der Waals surface area contributed by atoms with Crippen molar-refractivity contribution in [3.8, 4) is 29.0 Å². The standard InChI is InChI=1S/C44H29N3Si/c45-30-32-27-34(31-46)44(43(28-32)47-41-25-12-10-23-39(41)40-24-11-13-26-42(40)47)33-15-14-22-38(29-33)48(35-16-4-1-5-17-35,36-18-6-2-7-19-36)37-20-8-3-9-21-37/h1-29H. The Hall–Kier alpha value is -6.46. The minimum atomic E-state index is -2.82. The van der Waals surface area contributed by atoms with Crippen LogP contribution < -0.4 is 20.7 Å². The number of benzene rings is 7. The Bertz CT molecular complexity index is 2370. The summed E-state index contributed by atoms with van der Waals surface area (Å²) in [6.07, 6.45) is 0. The average Bonchev–Trinajstić information content (AvgIpc) is 3.50. The first-order chi connectivity index (χ1) is 23.7. The summed E-state index contributed by atoms with van der Waals surface area (Å²) in [6.45, 7) is 0. The van der Waals surface area contributed by atoms with Gasteiger partial charge in [0.15, 0.2) is 8.07 Å². The lowest BCUT2D eigenvalue weighted by atomic mass is 9.95. The molecule has 0 spiro atoms. The Morgan fingerprint density at radius 1 is 0.438 bits per heavy atom. The van der Waals surface area contributed by atoms with Gasteiger partial charge in [-0.05, 0) is 50.6 Å². The van der Waals surface area contributed by atoms with Gasteiger partial charge in [0, 0.05) is 16.3 Å². The van der Waals surface area contributed by atoms with Gasteiger partial charge in [-0.2, -0.15) is 10.5 Å². The number of para-hydroxylation sites is 2. The maximum absolute atomic E-state index is 10.7. The molecule has 224 valence electrons. The first kappa shape index (κ1) is 29.0. The lowest BCUT2D eigenvalue weighted by Crippen LogP contribution is -2.74. The van der Waals surface area contributed by atoms with Gasteiger partial charge in [0.05, 0.1) is 40.0 Å². The van der Waals surface area contributed by atoms with E-state index in [9.17, 15) is 10.5 Å². The number of nitriles is 2. The molecule has 0 amide bonds. The zero-order valence-electron chi connectivity index (χ0n) is 26.1. The van der Waals surface area contributed by atoms with E-state index in [1.165, 1.54) is 20.7 Å². The van der Waals surface area contributed by atoms with Gasteiger partial charge in [-0.25, -0.2) is 0 Å². The summed E-state index contributed by atoms with van der Waals surface area (Å²) in [7, 11) is -2.82. The van der Waals surface area contributed by atoms with Crippen LogP contribution >= 0.6 is 0 Å². The topological polar surface area (TPSA) is 52.5 Å². The van der Waals surface area contributed by atoms with E-state index < -0.39 is 8.07 Å². The molecule has 0 N–H and O–H groups in total. The maximum atomic E-state index is 10.7. The smallest absolute Gasteiger partial charge is 0.179 e. The van der Waals surface area contributed by atoms with Crippen molar-refractivity contribution in [2.24, 2.45) is 0 Å². The van der Waals surface area contributed by atoms with E-state index in [1.54, 1.807) is 6.07 Å². The summed E-state index contributed by atoms with van der Waals surface area (Å²) in [5.41, 5.74) is 5.52. The van der Waals surface area contributed by atoms with E-state index >= 15 is 0 Å². The zero-order valence-corrected chi connectivity index (χ0v) is 27.1. The van der Waals surface area contributed by atoms with Crippen LogP contribution in [0.2, 0.25) is 0 Å². The van der Waals surface area contributed by atoms with Gasteiger partial charge >= 0.3 is 0 Å². The number of nitrogens with zero attached hydrogens (tertiary/aromatic N) is 3. The summed E-state index contributed by atoms with van der Waals surface area (Å²) >= 11 is 0. The van der Waals surface area contributed by atoms with Crippen molar-refractivity contribution in [1.82, 2.24) is 4.57 Å². The molecule has 1 heterocycles. The Kier molecular flexibility index (Phi) is 7.27. The third-order valence-electron chi connectivity index (χ3n) is 9.39.